The van der Waals surface area contributed by atoms with E-state index in [4.69, 9.17) is 19.6 Å². The van der Waals surface area contributed by atoms with Gasteiger partial charge in [0.05, 0.1) is 17.7 Å². The largest absolute Gasteiger partial charge is 0.491 e. The molecule has 2 aliphatic heterocycles. The highest BCUT2D eigenvalue weighted by Crippen LogP contribution is 2.44. The number of aromatic nitrogens is 4. The van der Waals surface area contributed by atoms with Gasteiger partial charge in [0.15, 0.2) is 6.39 Å². The summed E-state index contributed by atoms with van der Waals surface area (Å²) in [5.74, 6) is 2.78. The Kier molecular flexibility index (Phi) is 5.23. The minimum Gasteiger partial charge on any atom is -0.491 e. The molecule has 3 aromatic heterocycles. The first-order valence-corrected chi connectivity index (χ1v) is 13.1. The van der Waals surface area contributed by atoms with Crippen molar-refractivity contribution in [1.82, 2.24) is 19.5 Å². The van der Waals surface area contributed by atoms with Crippen LogP contribution < -0.4 is 10.5 Å². The molecular formula is C28H31N5O3. The van der Waals surface area contributed by atoms with Crippen molar-refractivity contribution in [3.8, 4) is 16.9 Å². The van der Waals surface area contributed by atoms with Crippen LogP contribution in [0.3, 0.4) is 0 Å². The van der Waals surface area contributed by atoms with Gasteiger partial charge in [-0.3, -0.25) is 0 Å². The second kappa shape index (κ2) is 8.62. The van der Waals surface area contributed by atoms with Gasteiger partial charge in [0, 0.05) is 23.7 Å². The summed E-state index contributed by atoms with van der Waals surface area (Å²) < 4.78 is 20.3. The fourth-order valence-corrected chi connectivity index (χ4v) is 6.52. The second-order valence-electron chi connectivity index (χ2n) is 10.6. The number of ether oxygens (including phenoxy) is 2. The van der Waals surface area contributed by atoms with Gasteiger partial charge in [-0.15, -0.1) is 0 Å². The molecule has 2 bridgehead atoms. The van der Waals surface area contributed by atoms with Gasteiger partial charge in [-0.25, -0.2) is 15.0 Å². The van der Waals surface area contributed by atoms with E-state index in [1.54, 1.807) is 6.33 Å². The minimum absolute atomic E-state index is 0.0977. The summed E-state index contributed by atoms with van der Waals surface area (Å²) in [5.41, 5.74) is 9.31. The SMILES string of the molecule is Nc1ncnc2c1c(-c1cccc(OCC34CCC(CC3)O4)c1)cn2[C@H]1CC[C@H](c2cnco2)CC1. The van der Waals surface area contributed by atoms with Crippen LogP contribution in [0.1, 0.15) is 69.1 Å². The number of benzene rings is 1. The lowest BCUT2D eigenvalue weighted by atomic mass is 9.84. The number of rotatable bonds is 6. The van der Waals surface area contributed by atoms with Crippen LogP contribution in [-0.4, -0.2) is 37.8 Å². The summed E-state index contributed by atoms with van der Waals surface area (Å²) >= 11 is 0. The molecule has 1 aliphatic carbocycles. The summed E-state index contributed by atoms with van der Waals surface area (Å²) in [6.07, 6.45) is 16.3. The van der Waals surface area contributed by atoms with Crippen LogP contribution in [0.15, 0.2) is 53.8 Å². The van der Waals surface area contributed by atoms with Gasteiger partial charge in [0.1, 0.15) is 41.5 Å². The average Bonchev–Trinajstić information content (AvgIpc) is 3.72. The zero-order valence-corrected chi connectivity index (χ0v) is 20.3. The smallest absolute Gasteiger partial charge is 0.180 e. The Hall–Kier alpha value is -3.39. The van der Waals surface area contributed by atoms with E-state index in [9.17, 15) is 0 Å². The third kappa shape index (κ3) is 3.75. The predicted octanol–water partition coefficient (Wildman–Crippen LogP) is 5.66. The molecule has 1 aromatic carbocycles. The van der Waals surface area contributed by atoms with Gasteiger partial charge in [-0.1, -0.05) is 12.1 Å². The zero-order chi connectivity index (χ0) is 24.1. The molecule has 4 aromatic rings. The fourth-order valence-electron chi connectivity index (χ4n) is 6.52. The van der Waals surface area contributed by atoms with Crippen molar-refractivity contribution in [2.45, 2.75) is 75.0 Å². The second-order valence-corrected chi connectivity index (χ2v) is 10.6. The van der Waals surface area contributed by atoms with Gasteiger partial charge in [0.2, 0.25) is 0 Å². The van der Waals surface area contributed by atoms with E-state index in [-0.39, 0.29) is 5.60 Å². The Morgan fingerprint density at radius 3 is 2.69 bits per heavy atom. The molecule has 2 N–H and O–H groups in total. The molecule has 1 saturated carbocycles. The summed E-state index contributed by atoms with van der Waals surface area (Å²) in [5, 5.41) is 0.906. The van der Waals surface area contributed by atoms with Crippen molar-refractivity contribution in [2.24, 2.45) is 0 Å². The molecule has 7 rings (SSSR count). The van der Waals surface area contributed by atoms with E-state index in [1.807, 2.05) is 18.3 Å². The molecule has 0 radical (unpaired) electrons. The molecule has 3 fully saturated rings. The molecule has 0 atom stereocenters. The summed E-state index contributed by atoms with van der Waals surface area (Å²) in [7, 11) is 0. The molecule has 186 valence electrons. The first kappa shape index (κ1) is 21.9. The number of anilines is 1. The Bertz CT molecular complexity index is 1370. The molecule has 2 saturated heterocycles. The third-order valence-corrected chi connectivity index (χ3v) is 8.49. The van der Waals surface area contributed by atoms with E-state index in [2.05, 4.69) is 37.8 Å². The highest BCUT2D eigenvalue weighted by molar-refractivity contribution is 6.00. The molecule has 36 heavy (non-hydrogen) atoms. The summed E-state index contributed by atoms with van der Waals surface area (Å²) in [6, 6.07) is 8.62. The standard InChI is InChI=1S/C28H31N5O3/c29-26-25-23(19-2-1-3-22(12-19)34-15-28-10-8-21(36-28)9-11-28)14-33(27(25)32-16-31-26)20-6-4-18(5-7-20)24-13-30-17-35-24/h1-3,12-14,16-18,20-21H,4-11,15H2,(H2,29,31,32)/t18-,20-,21?,28?. The average molecular weight is 486 g/mol. The Morgan fingerprint density at radius 1 is 1.08 bits per heavy atom. The van der Waals surface area contributed by atoms with Crippen LogP contribution in [-0.2, 0) is 4.74 Å². The number of nitrogen functional groups attached to an aromatic ring is 1. The lowest BCUT2D eigenvalue weighted by molar-refractivity contribution is -0.0198. The normalized spacial score (nSPS) is 27.6. The molecule has 0 unspecified atom stereocenters. The Labute approximate surface area is 209 Å². The molecule has 8 nitrogen and oxygen atoms in total. The Morgan fingerprint density at radius 2 is 1.94 bits per heavy atom. The van der Waals surface area contributed by atoms with Crippen molar-refractivity contribution in [3.05, 3.63) is 55.1 Å². The van der Waals surface area contributed by atoms with Crippen molar-refractivity contribution in [1.29, 1.82) is 0 Å². The summed E-state index contributed by atoms with van der Waals surface area (Å²) in [4.78, 5) is 13.1. The van der Waals surface area contributed by atoms with Crippen LogP contribution in [0.4, 0.5) is 5.82 Å². The maximum atomic E-state index is 6.41. The molecule has 3 aliphatic rings. The van der Waals surface area contributed by atoms with Gasteiger partial charge in [-0.2, -0.15) is 0 Å². The quantitative estimate of drug-likeness (QED) is 0.376. The lowest BCUT2D eigenvalue weighted by Gasteiger charge is -2.28. The topological polar surface area (TPSA) is 101 Å². The van der Waals surface area contributed by atoms with Gasteiger partial charge in [0.25, 0.3) is 0 Å². The van der Waals surface area contributed by atoms with Crippen LogP contribution in [0.25, 0.3) is 22.2 Å². The molecule has 0 amide bonds. The first-order chi connectivity index (χ1) is 17.7. The molecule has 5 heterocycles. The lowest BCUT2D eigenvalue weighted by Crippen LogP contribution is -2.32. The number of oxazole rings is 1. The molecular weight excluding hydrogens is 454 g/mol. The molecule has 8 heteroatoms. The highest BCUT2D eigenvalue weighted by Gasteiger charge is 2.46. The van der Waals surface area contributed by atoms with Crippen molar-refractivity contribution in [2.75, 3.05) is 12.3 Å². The third-order valence-electron chi connectivity index (χ3n) is 8.49. The van der Waals surface area contributed by atoms with E-state index in [1.165, 1.54) is 6.39 Å². The van der Waals surface area contributed by atoms with Crippen LogP contribution in [0.2, 0.25) is 0 Å². The monoisotopic (exact) mass is 485 g/mol. The number of hydrogen-bond acceptors (Lipinski definition) is 7. The van der Waals surface area contributed by atoms with E-state index >= 15 is 0 Å². The van der Waals surface area contributed by atoms with E-state index < -0.39 is 0 Å². The zero-order valence-electron chi connectivity index (χ0n) is 20.3. The van der Waals surface area contributed by atoms with E-state index in [0.717, 1.165) is 85.0 Å². The number of nitrogens with zero attached hydrogens (tertiary/aromatic N) is 4. The van der Waals surface area contributed by atoms with Gasteiger partial charge >= 0.3 is 0 Å². The molecule has 0 spiro atoms. The van der Waals surface area contributed by atoms with Gasteiger partial charge < -0.3 is 24.2 Å². The predicted molar refractivity (Wildman–Crippen MR) is 136 cm³/mol. The van der Waals surface area contributed by atoms with Crippen molar-refractivity contribution in [3.63, 3.8) is 0 Å². The maximum absolute atomic E-state index is 6.41. The summed E-state index contributed by atoms with van der Waals surface area (Å²) in [6.45, 7) is 0.606. The number of nitrogens with two attached hydrogens (primary N) is 1. The Balaban J connectivity index is 1.17. The fraction of sp³-hybridized carbons (Fsp3) is 0.464. The minimum atomic E-state index is -0.0977. The maximum Gasteiger partial charge on any atom is 0.180 e. The van der Waals surface area contributed by atoms with Crippen LogP contribution >= 0.6 is 0 Å². The van der Waals surface area contributed by atoms with Crippen molar-refractivity contribution < 1.29 is 13.9 Å². The van der Waals surface area contributed by atoms with Crippen LogP contribution in [0.5, 0.6) is 5.75 Å². The number of hydrogen-bond donors (Lipinski definition) is 1. The van der Waals surface area contributed by atoms with Gasteiger partial charge in [-0.05, 0) is 69.1 Å². The van der Waals surface area contributed by atoms with E-state index in [0.29, 0.717) is 30.5 Å². The highest BCUT2D eigenvalue weighted by atomic mass is 16.6. The van der Waals surface area contributed by atoms with Crippen molar-refractivity contribution >= 4 is 16.9 Å². The first-order valence-electron chi connectivity index (χ1n) is 13.1. The number of fused-ring (bicyclic) bond motifs is 3. The van der Waals surface area contributed by atoms with Crippen LogP contribution in [0, 0.1) is 0 Å².